The third-order valence-electron chi connectivity index (χ3n) is 1.07. The van der Waals surface area contributed by atoms with Crippen molar-refractivity contribution in [3.63, 3.8) is 0 Å². The molecule has 0 spiro atoms. The zero-order valence-electron chi connectivity index (χ0n) is 6.88. The molecule has 1 heterocycles. The number of hydrogen-bond acceptors (Lipinski definition) is 2. The number of carbonyl (C=O) groups excluding carboxylic acids is 1. The molecule has 0 N–H and O–H groups in total. The molecule has 13 heavy (non-hydrogen) atoms. The molecule has 0 saturated carbocycles. The highest BCUT2D eigenvalue weighted by atomic mass is 19.4. The van der Waals surface area contributed by atoms with Crippen LogP contribution in [0.4, 0.5) is 12.9 Å². The molecule has 1 aromatic rings. The van der Waals surface area contributed by atoms with Gasteiger partial charge in [-0.15, -0.1) is 0 Å². The van der Waals surface area contributed by atoms with Gasteiger partial charge in [-0.05, 0) is 19.1 Å². The SMILES string of the molecule is CC(=O)c1cccnc1.FB(F)F. The van der Waals surface area contributed by atoms with Gasteiger partial charge in [-0.1, -0.05) is 0 Å². The van der Waals surface area contributed by atoms with E-state index < -0.39 is 7.54 Å². The minimum absolute atomic E-state index is 0.0584. The van der Waals surface area contributed by atoms with Gasteiger partial charge in [0.1, 0.15) is 0 Å². The molecule has 0 amide bonds. The Bertz CT molecular complexity index is 252. The van der Waals surface area contributed by atoms with Crippen LogP contribution in [0, 0.1) is 0 Å². The average Bonchev–Trinajstić information content (AvgIpc) is 2.05. The lowest BCUT2D eigenvalue weighted by Crippen LogP contribution is -1.90. The van der Waals surface area contributed by atoms with Crippen LogP contribution in [-0.4, -0.2) is 18.3 Å². The van der Waals surface area contributed by atoms with E-state index in [1.165, 1.54) is 6.92 Å². The second kappa shape index (κ2) is 6.22. The van der Waals surface area contributed by atoms with Crippen LogP contribution in [-0.2, 0) is 0 Å². The van der Waals surface area contributed by atoms with E-state index >= 15 is 0 Å². The Balaban J connectivity index is 0.000000310. The average molecular weight is 189 g/mol. The summed E-state index contributed by atoms with van der Waals surface area (Å²) < 4.78 is 29.0. The Morgan fingerprint density at radius 3 is 2.23 bits per heavy atom. The van der Waals surface area contributed by atoms with Crippen LogP contribution in [0.2, 0.25) is 0 Å². The van der Waals surface area contributed by atoms with Crippen molar-refractivity contribution in [1.29, 1.82) is 0 Å². The standard InChI is InChI=1S/C7H7NO.BF3/c1-6(9)7-3-2-4-8-5-7;2-1(3)4/h2-5H,1H3;. The number of rotatable bonds is 1. The van der Waals surface area contributed by atoms with Crippen molar-refractivity contribution in [2.75, 3.05) is 0 Å². The second-order valence-electron chi connectivity index (χ2n) is 2.05. The summed E-state index contributed by atoms with van der Waals surface area (Å²) in [5, 5.41) is 0. The number of ketones is 1. The number of pyridine rings is 1. The fraction of sp³-hybridized carbons (Fsp3) is 0.143. The van der Waals surface area contributed by atoms with Crippen LogP contribution in [0.15, 0.2) is 24.5 Å². The molecule has 0 radical (unpaired) electrons. The summed E-state index contributed by atoms with van der Waals surface area (Å²) in [5.41, 5.74) is 0.664. The molecule has 0 aliphatic heterocycles. The number of halogens is 3. The van der Waals surface area contributed by atoms with Gasteiger partial charge in [0.15, 0.2) is 5.78 Å². The highest BCUT2D eigenvalue weighted by Crippen LogP contribution is 1.94. The molecule has 0 fully saturated rings. The van der Waals surface area contributed by atoms with Gasteiger partial charge < -0.3 is 0 Å². The summed E-state index contributed by atoms with van der Waals surface area (Å²) in [6, 6.07) is 3.49. The van der Waals surface area contributed by atoms with Crippen LogP contribution in [0.1, 0.15) is 17.3 Å². The first-order valence-corrected chi connectivity index (χ1v) is 3.37. The van der Waals surface area contributed by atoms with Crippen molar-refractivity contribution < 1.29 is 17.7 Å². The van der Waals surface area contributed by atoms with E-state index in [4.69, 9.17) is 0 Å². The largest absolute Gasteiger partial charge is 0.762 e. The van der Waals surface area contributed by atoms with Gasteiger partial charge in [-0.3, -0.25) is 22.7 Å². The Hall–Kier alpha value is -1.33. The quantitative estimate of drug-likeness (QED) is 0.500. The predicted molar refractivity (Wildman–Crippen MR) is 43.3 cm³/mol. The lowest BCUT2D eigenvalue weighted by Gasteiger charge is -1.88. The molecule has 0 aliphatic rings. The molecule has 70 valence electrons. The van der Waals surface area contributed by atoms with Crippen LogP contribution in [0.25, 0.3) is 0 Å². The number of carbonyl (C=O) groups is 1. The summed E-state index contributed by atoms with van der Waals surface area (Å²) >= 11 is 0. The lowest BCUT2D eigenvalue weighted by molar-refractivity contribution is 0.101. The molecule has 0 atom stereocenters. The van der Waals surface area contributed by atoms with Gasteiger partial charge in [-0.25, -0.2) is 0 Å². The minimum Gasteiger partial charge on any atom is -0.294 e. The van der Waals surface area contributed by atoms with E-state index in [1.807, 2.05) is 0 Å². The zero-order chi connectivity index (χ0) is 10.3. The summed E-state index contributed by atoms with van der Waals surface area (Å²) in [5.74, 6) is 0.0584. The molecule has 1 rings (SSSR count). The first-order chi connectivity index (χ1) is 6.04. The normalized spacial score (nSPS) is 8.31. The van der Waals surface area contributed by atoms with E-state index in [-0.39, 0.29) is 5.78 Å². The van der Waals surface area contributed by atoms with Gasteiger partial charge in [0.25, 0.3) is 0 Å². The number of aromatic nitrogens is 1. The van der Waals surface area contributed by atoms with Crippen molar-refractivity contribution >= 4 is 13.3 Å². The number of hydrogen-bond donors (Lipinski definition) is 0. The minimum atomic E-state index is -3.67. The molecular formula is C7H7BF3NO. The van der Waals surface area contributed by atoms with E-state index in [0.29, 0.717) is 5.56 Å². The first kappa shape index (κ1) is 11.7. The summed E-state index contributed by atoms with van der Waals surface area (Å²) in [7, 11) is -3.67. The smallest absolute Gasteiger partial charge is 0.294 e. The van der Waals surface area contributed by atoms with Gasteiger partial charge >= 0.3 is 7.54 Å². The Morgan fingerprint density at radius 1 is 1.46 bits per heavy atom. The van der Waals surface area contributed by atoms with Gasteiger partial charge in [-0.2, -0.15) is 0 Å². The summed E-state index contributed by atoms with van der Waals surface area (Å²) in [6.45, 7) is 1.52. The van der Waals surface area contributed by atoms with Crippen LogP contribution in [0.5, 0.6) is 0 Å². The Labute approximate surface area is 74.0 Å². The fourth-order valence-corrected chi connectivity index (χ4v) is 0.571. The van der Waals surface area contributed by atoms with Gasteiger partial charge in [0, 0.05) is 18.0 Å². The first-order valence-electron chi connectivity index (χ1n) is 3.37. The number of Topliss-reactive ketones (excluding diaryl/α,β-unsaturated/α-hetero) is 1. The Morgan fingerprint density at radius 2 is 2.00 bits per heavy atom. The summed E-state index contributed by atoms with van der Waals surface area (Å²) in [4.78, 5) is 14.4. The van der Waals surface area contributed by atoms with Crippen molar-refractivity contribution in [1.82, 2.24) is 4.98 Å². The maximum Gasteiger partial charge on any atom is 0.762 e. The third kappa shape index (κ3) is 7.05. The maximum absolute atomic E-state index is 10.6. The van der Waals surface area contributed by atoms with Crippen LogP contribution >= 0.6 is 0 Å². The monoisotopic (exact) mass is 189 g/mol. The van der Waals surface area contributed by atoms with E-state index in [0.717, 1.165) is 0 Å². The molecule has 0 aliphatic carbocycles. The molecule has 6 heteroatoms. The molecule has 1 aromatic heterocycles. The topological polar surface area (TPSA) is 30.0 Å². The van der Waals surface area contributed by atoms with Crippen LogP contribution < -0.4 is 0 Å². The van der Waals surface area contributed by atoms with Crippen molar-refractivity contribution in [2.24, 2.45) is 0 Å². The van der Waals surface area contributed by atoms with Crippen molar-refractivity contribution in [3.05, 3.63) is 30.1 Å². The summed E-state index contributed by atoms with van der Waals surface area (Å²) in [6.07, 6.45) is 3.20. The molecule has 0 bridgehead atoms. The van der Waals surface area contributed by atoms with E-state index in [1.54, 1.807) is 24.5 Å². The van der Waals surface area contributed by atoms with E-state index in [9.17, 15) is 17.7 Å². The van der Waals surface area contributed by atoms with Crippen LogP contribution in [0.3, 0.4) is 0 Å². The Kier molecular flexibility index (Phi) is 5.59. The highest BCUT2D eigenvalue weighted by molar-refractivity contribution is 6.33. The molecule has 2 nitrogen and oxygen atoms in total. The molecular weight excluding hydrogens is 182 g/mol. The zero-order valence-corrected chi connectivity index (χ0v) is 6.88. The number of nitrogens with zero attached hydrogens (tertiary/aromatic N) is 1. The molecule has 0 saturated heterocycles. The fourth-order valence-electron chi connectivity index (χ4n) is 0.571. The van der Waals surface area contributed by atoms with Gasteiger partial charge in [0.05, 0.1) is 0 Å². The van der Waals surface area contributed by atoms with Gasteiger partial charge in [0.2, 0.25) is 0 Å². The van der Waals surface area contributed by atoms with Crippen molar-refractivity contribution in [2.45, 2.75) is 6.92 Å². The molecule has 0 aromatic carbocycles. The molecule has 0 unspecified atom stereocenters. The lowest BCUT2D eigenvalue weighted by atomic mass is 10.2. The second-order valence-corrected chi connectivity index (χ2v) is 2.05. The maximum atomic E-state index is 10.6. The highest BCUT2D eigenvalue weighted by Gasteiger charge is 2.06. The van der Waals surface area contributed by atoms with Crippen molar-refractivity contribution in [3.8, 4) is 0 Å². The third-order valence-corrected chi connectivity index (χ3v) is 1.07. The van der Waals surface area contributed by atoms with E-state index in [2.05, 4.69) is 4.98 Å². The predicted octanol–water partition coefficient (Wildman–Crippen LogP) is 2.16.